The van der Waals surface area contributed by atoms with Gasteiger partial charge < -0.3 is 5.32 Å². The summed E-state index contributed by atoms with van der Waals surface area (Å²) >= 11 is 0. The lowest BCUT2D eigenvalue weighted by atomic mass is 9.83. The molecule has 0 bridgehead atoms. The molecular weight excluding hydrogens is 284 g/mol. The molecule has 2 unspecified atom stereocenters. The van der Waals surface area contributed by atoms with Gasteiger partial charge in [0.25, 0.3) is 0 Å². The minimum Gasteiger partial charge on any atom is -0.314 e. The van der Waals surface area contributed by atoms with Crippen LogP contribution < -0.4 is 10.0 Å². The Hall–Kier alpha value is -0.130. The van der Waals surface area contributed by atoms with Crippen molar-refractivity contribution in [3.63, 3.8) is 0 Å². The first kappa shape index (κ1) is 17.2. The second kappa shape index (κ2) is 8.49. The SMILES string of the molecule is CCC(NS(=O)(=O)CCC1CCCCN1)C1CCCCC1. The molecule has 0 amide bonds. The molecule has 1 saturated heterocycles. The molecule has 1 aliphatic carbocycles. The van der Waals surface area contributed by atoms with Crippen LogP contribution in [0.3, 0.4) is 0 Å². The van der Waals surface area contributed by atoms with Crippen LogP contribution in [0.15, 0.2) is 0 Å². The maximum atomic E-state index is 12.3. The van der Waals surface area contributed by atoms with Crippen LogP contribution in [0.4, 0.5) is 0 Å². The lowest BCUT2D eigenvalue weighted by Gasteiger charge is -2.30. The normalized spacial score (nSPS) is 26.6. The summed E-state index contributed by atoms with van der Waals surface area (Å²) in [5.41, 5.74) is 0. The maximum absolute atomic E-state index is 12.3. The summed E-state index contributed by atoms with van der Waals surface area (Å²) in [6.45, 7) is 3.14. The molecular formula is C16H32N2O2S. The van der Waals surface area contributed by atoms with Crippen LogP contribution in [0.2, 0.25) is 0 Å². The standard InChI is InChI=1S/C16H32N2O2S/c1-2-16(14-8-4-3-5-9-14)18-21(19,20)13-11-15-10-6-7-12-17-15/h14-18H,2-13H2,1H3. The van der Waals surface area contributed by atoms with E-state index in [4.69, 9.17) is 0 Å². The maximum Gasteiger partial charge on any atom is 0.211 e. The Morgan fingerprint density at radius 2 is 1.81 bits per heavy atom. The van der Waals surface area contributed by atoms with Crippen molar-refractivity contribution in [3.8, 4) is 0 Å². The molecule has 0 radical (unpaired) electrons. The second-order valence-corrected chi connectivity index (χ2v) is 8.66. The fraction of sp³-hybridized carbons (Fsp3) is 1.00. The average Bonchev–Trinajstić information content (AvgIpc) is 2.53. The molecule has 1 aliphatic heterocycles. The molecule has 124 valence electrons. The molecule has 2 rings (SSSR count). The first-order chi connectivity index (χ1) is 10.1. The summed E-state index contributed by atoms with van der Waals surface area (Å²) in [6, 6.07) is 0.541. The van der Waals surface area contributed by atoms with Gasteiger partial charge >= 0.3 is 0 Å². The van der Waals surface area contributed by atoms with E-state index in [1.54, 1.807) is 0 Å². The van der Waals surface area contributed by atoms with Crippen molar-refractivity contribution in [2.75, 3.05) is 12.3 Å². The lowest BCUT2D eigenvalue weighted by molar-refractivity contribution is 0.285. The predicted molar refractivity (Wildman–Crippen MR) is 87.8 cm³/mol. The van der Waals surface area contributed by atoms with Gasteiger partial charge in [-0.05, 0) is 51.0 Å². The van der Waals surface area contributed by atoms with Crippen molar-refractivity contribution in [1.29, 1.82) is 0 Å². The van der Waals surface area contributed by atoms with Crippen LogP contribution in [0.1, 0.15) is 71.1 Å². The highest BCUT2D eigenvalue weighted by atomic mass is 32.2. The van der Waals surface area contributed by atoms with E-state index in [2.05, 4.69) is 17.0 Å². The number of rotatable bonds is 7. The lowest BCUT2D eigenvalue weighted by Crippen LogP contribution is -2.43. The van der Waals surface area contributed by atoms with Gasteiger partial charge in [-0.25, -0.2) is 13.1 Å². The van der Waals surface area contributed by atoms with E-state index in [1.165, 1.54) is 44.9 Å². The zero-order valence-corrected chi connectivity index (χ0v) is 14.3. The quantitative estimate of drug-likeness (QED) is 0.759. The van der Waals surface area contributed by atoms with Gasteiger partial charge in [0.1, 0.15) is 0 Å². The number of sulfonamides is 1. The fourth-order valence-corrected chi connectivity index (χ4v) is 5.34. The van der Waals surface area contributed by atoms with Gasteiger partial charge in [-0.3, -0.25) is 0 Å². The van der Waals surface area contributed by atoms with Crippen molar-refractivity contribution in [2.45, 2.75) is 83.2 Å². The Balaban J connectivity index is 1.80. The molecule has 2 N–H and O–H groups in total. The Morgan fingerprint density at radius 1 is 1.10 bits per heavy atom. The number of nitrogens with one attached hydrogen (secondary N) is 2. The first-order valence-corrected chi connectivity index (χ1v) is 10.5. The highest BCUT2D eigenvalue weighted by molar-refractivity contribution is 7.89. The van der Waals surface area contributed by atoms with Gasteiger partial charge in [0.15, 0.2) is 0 Å². The third-order valence-electron chi connectivity index (χ3n) is 5.14. The third-order valence-corrected chi connectivity index (χ3v) is 6.57. The average molecular weight is 317 g/mol. The number of piperidine rings is 1. The fourth-order valence-electron chi connectivity index (χ4n) is 3.81. The summed E-state index contributed by atoms with van der Waals surface area (Å²) in [5, 5.41) is 3.43. The van der Waals surface area contributed by atoms with Crippen LogP contribution in [0.5, 0.6) is 0 Å². The molecule has 0 spiro atoms. The molecule has 4 nitrogen and oxygen atoms in total. The van der Waals surface area contributed by atoms with E-state index in [0.717, 1.165) is 25.8 Å². The van der Waals surface area contributed by atoms with Gasteiger partial charge in [0.2, 0.25) is 10.0 Å². The third kappa shape index (κ3) is 5.87. The summed E-state index contributed by atoms with van der Waals surface area (Å²) in [7, 11) is -3.13. The minimum atomic E-state index is -3.13. The van der Waals surface area contributed by atoms with Crippen molar-refractivity contribution in [3.05, 3.63) is 0 Å². The van der Waals surface area contributed by atoms with Gasteiger partial charge in [0, 0.05) is 12.1 Å². The van der Waals surface area contributed by atoms with E-state index in [1.807, 2.05) is 0 Å². The largest absolute Gasteiger partial charge is 0.314 e. The molecule has 1 saturated carbocycles. The number of hydrogen-bond acceptors (Lipinski definition) is 3. The Bertz CT molecular complexity index is 385. The van der Waals surface area contributed by atoms with E-state index in [0.29, 0.717) is 12.0 Å². The van der Waals surface area contributed by atoms with Gasteiger partial charge in [0.05, 0.1) is 5.75 Å². The van der Waals surface area contributed by atoms with Crippen molar-refractivity contribution >= 4 is 10.0 Å². The Morgan fingerprint density at radius 3 is 2.43 bits per heavy atom. The van der Waals surface area contributed by atoms with E-state index < -0.39 is 10.0 Å². The van der Waals surface area contributed by atoms with Crippen molar-refractivity contribution in [2.24, 2.45) is 5.92 Å². The van der Waals surface area contributed by atoms with Gasteiger partial charge in [-0.2, -0.15) is 0 Å². The monoisotopic (exact) mass is 316 g/mol. The van der Waals surface area contributed by atoms with Crippen LogP contribution in [0.25, 0.3) is 0 Å². The molecule has 0 aromatic carbocycles. The summed E-state index contributed by atoms with van der Waals surface area (Å²) in [4.78, 5) is 0. The molecule has 2 atom stereocenters. The summed E-state index contributed by atoms with van der Waals surface area (Å²) < 4.78 is 27.7. The highest BCUT2D eigenvalue weighted by Gasteiger charge is 2.26. The first-order valence-electron chi connectivity index (χ1n) is 8.84. The van der Waals surface area contributed by atoms with Crippen LogP contribution in [-0.4, -0.2) is 32.8 Å². The van der Waals surface area contributed by atoms with Crippen LogP contribution in [-0.2, 0) is 10.0 Å². The Kier molecular flexibility index (Phi) is 6.96. The Labute approximate surface area is 130 Å². The van der Waals surface area contributed by atoms with Crippen LogP contribution >= 0.6 is 0 Å². The molecule has 1 heterocycles. The number of hydrogen-bond donors (Lipinski definition) is 2. The zero-order valence-electron chi connectivity index (χ0n) is 13.4. The smallest absolute Gasteiger partial charge is 0.211 e. The van der Waals surface area contributed by atoms with E-state index in [-0.39, 0.29) is 11.8 Å². The van der Waals surface area contributed by atoms with E-state index in [9.17, 15) is 8.42 Å². The van der Waals surface area contributed by atoms with E-state index >= 15 is 0 Å². The van der Waals surface area contributed by atoms with Gasteiger partial charge in [-0.1, -0.05) is 32.6 Å². The van der Waals surface area contributed by atoms with Crippen molar-refractivity contribution in [1.82, 2.24) is 10.0 Å². The molecule has 2 fully saturated rings. The molecule has 0 aromatic heterocycles. The molecule has 2 aliphatic rings. The zero-order chi connectivity index (χ0) is 15.1. The van der Waals surface area contributed by atoms with Gasteiger partial charge in [-0.15, -0.1) is 0 Å². The van der Waals surface area contributed by atoms with Crippen LogP contribution in [0, 0.1) is 5.92 Å². The minimum absolute atomic E-state index is 0.148. The highest BCUT2D eigenvalue weighted by Crippen LogP contribution is 2.28. The molecule has 0 aromatic rings. The second-order valence-electron chi connectivity index (χ2n) is 6.79. The molecule has 5 heteroatoms. The summed E-state index contributed by atoms with van der Waals surface area (Å²) in [5.74, 6) is 0.819. The van der Waals surface area contributed by atoms with Crippen molar-refractivity contribution < 1.29 is 8.42 Å². The predicted octanol–water partition coefficient (Wildman–Crippen LogP) is 2.80. The topological polar surface area (TPSA) is 58.2 Å². The summed E-state index contributed by atoms with van der Waals surface area (Å²) in [6.07, 6.45) is 11.4. The molecule has 21 heavy (non-hydrogen) atoms.